The number of nitrogens with one attached hydrogen (secondary N) is 1. The fourth-order valence-corrected chi connectivity index (χ4v) is 4.13. The lowest BCUT2D eigenvalue weighted by Crippen LogP contribution is -2.49. The van der Waals surface area contributed by atoms with Gasteiger partial charge in [-0.1, -0.05) is 42.7 Å². The van der Waals surface area contributed by atoms with Crippen LogP contribution in [0.25, 0.3) is 0 Å². The second-order valence-corrected chi connectivity index (χ2v) is 8.80. The second-order valence-electron chi connectivity index (χ2n) is 8.80. The lowest BCUT2D eigenvalue weighted by Gasteiger charge is -2.30. The number of amides is 2. The van der Waals surface area contributed by atoms with Gasteiger partial charge in [0.2, 0.25) is 11.8 Å². The standard InChI is InChI=1S/C27H36N2O4/c1-20-13-15-24(16-14-20)33-17-7-12-26(30)29(19-22-8-6-11-25(18-22)32-3)21(2)27(31)28-23-9-4-5-10-23/h6,8,11,13-16,18,21,23H,4-5,7,9-10,12,17,19H2,1-3H3,(H,28,31)/t21-/m1/s1. The van der Waals surface area contributed by atoms with Crippen molar-refractivity contribution in [2.45, 2.75) is 71.0 Å². The van der Waals surface area contributed by atoms with Crippen LogP contribution in [0.4, 0.5) is 0 Å². The van der Waals surface area contributed by atoms with Crippen LogP contribution >= 0.6 is 0 Å². The highest BCUT2D eigenvalue weighted by Gasteiger charge is 2.28. The topological polar surface area (TPSA) is 67.9 Å². The van der Waals surface area contributed by atoms with Crippen molar-refractivity contribution in [3.8, 4) is 11.5 Å². The summed E-state index contributed by atoms with van der Waals surface area (Å²) < 4.78 is 11.1. The van der Waals surface area contributed by atoms with Crippen molar-refractivity contribution in [3.05, 3.63) is 59.7 Å². The maximum Gasteiger partial charge on any atom is 0.242 e. The lowest BCUT2D eigenvalue weighted by molar-refractivity contribution is -0.141. The van der Waals surface area contributed by atoms with E-state index in [0.717, 1.165) is 42.7 Å². The number of nitrogens with zero attached hydrogens (tertiary/aromatic N) is 1. The van der Waals surface area contributed by atoms with E-state index in [9.17, 15) is 9.59 Å². The van der Waals surface area contributed by atoms with E-state index in [2.05, 4.69) is 5.32 Å². The van der Waals surface area contributed by atoms with Crippen molar-refractivity contribution < 1.29 is 19.1 Å². The second kappa shape index (κ2) is 12.3. The van der Waals surface area contributed by atoms with Crippen molar-refractivity contribution in [3.63, 3.8) is 0 Å². The Kier molecular flexibility index (Phi) is 9.16. The normalized spacial score (nSPS) is 14.5. The Morgan fingerprint density at radius 1 is 1.09 bits per heavy atom. The molecule has 1 aliphatic rings. The highest BCUT2D eigenvalue weighted by atomic mass is 16.5. The molecule has 1 saturated carbocycles. The third-order valence-electron chi connectivity index (χ3n) is 6.18. The first kappa shape index (κ1) is 24.6. The third kappa shape index (κ3) is 7.52. The van der Waals surface area contributed by atoms with Gasteiger partial charge in [-0.15, -0.1) is 0 Å². The van der Waals surface area contributed by atoms with Crippen LogP contribution in [-0.4, -0.2) is 42.5 Å². The molecule has 1 aliphatic carbocycles. The van der Waals surface area contributed by atoms with Gasteiger partial charge in [0.1, 0.15) is 17.5 Å². The molecule has 2 amide bonds. The molecule has 0 radical (unpaired) electrons. The molecule has 6 nitrogen and oxygen atoms in total. The number of hydrogen-bond acceptors (Lipinski definition) is 4. The molecular weight excluding hydrogens is 416 g/mol. The minimum Gasteiger partial charge on any atom is -0.497 e. The fraction of sp³-hybridized carbons (Fsp3) is 0.481. The Morgan fingerprint density at radius 3 is 2.52 bits per heavy atom. The maximum absolute atomic E-state index is 13.2. The van der Waals surface area contributed by atoms with E-state index < -0.39 is 6.04 Å². The number of methoxy groups -OCH3 is 1. The molecule has 1 N–H and O–H groups in total. The summed E-state index contributed by atoms with van der Waals surface area (Å²) in [4.78, 5) is 27.8. The molecule has 0 bridgehead atoms. The molecule has 6 heteroatoms. The number of ether oxygens (including phenoxy) is 2. The smallest absolute Gasteiger partial charge is 0.242 e. The molecule has 0 spiro atoms. The molecular formula is C27H36N2O4. The lowest BCUT2D eigenvalue weighted by atomic mass is 10.1. The van der Waals surface area contributed by atoms with E-state index in [1.807, 2.05) is 62.4 Å². The number of carbonyl (C=O) groups excluding carboxylic acids is 2. The van der Waals surface area contributed by atoms with Crippen LogP contribution in [0.5, 0.6) is 11.5 Å². The van der Waals surface area contributed by atoms with E-state index in [4.69, 9.17) is 9.47 Å². The maximum atomic E-state index is 13.2. The first-order chi connectivity index (χ1) is 16.0. The minimum absolute atomic E-state index is 0.0561. The number of carbonyl (C=O) groups is 2. The van der Waals surface area contributed by atoms with Crippen molar-refractivity contribution in [1.29, 1.82) is 0 Å². The van der Waals surface area contributed by atoms with Gasteiger partial charge in [0.15, 0.2) is 0 Å². The molecule has 0 saturated heterocycles. The summed E-state index contributed by atoms with van der Waals surface area (Å²) in [6, 6.07) is 15.2. The van der Waals surface area contributed by atoms with Gasteiger partial charge < -0.3 is 19.7 Å². The van der Waals surface area contributed by atoms with Gasteiger partial charge in [-0.25, -0.2) is 0 Å². The van der Waals surface area contributed by atoms with E-state index in [-0.39, 0.29) is 17.9 Å². The average molecular weight is 453 g/mol. The Morgan fingerprint density at radius 2 is 1.82 bits per heavy atom. The van der Waals surface area contributed by atoms with E-state index in [0.29, 0.717) is 26.0 Å². The summed E-state index contributed by atoms with van der Waals surface area (Å²) in [5, 5.41) is 3.13. The Bertz CT molecular complexity index is 907. The Hall–Kier alpha value is -3.02. The van der Waals surface area contributed by atoms with Crippen LogP contribution in [0.1, 0.15) is 56.6 Å². The monoisotopic (exact) mass is 452 g/mol. The molecule has 178 valence electrons. The largest absolute Gasteiger partial charge is 0.497 e. The van der Waals surface area contributed by atoms with Crippen molar-refractivity contribution in [2.24, 2.45) is 0 Å². The highest BCUT2D eigenvalue weighted by molar-refractivity contribution is 5.87. The summed E-state index contributed by atoms with van der Waals surface area (Å²) in [6.45, 7) is 4.65. The highest BCUT2D eigenvalue weighted by Crippen LogP contribution is 2.20. The minimum atomic E-state index is -0.553. The first-order valence-electron chi connectivity index (χ1n) is 11.9. The van der Waals surface area contributed by atoms with Gasteiger partial charge >= 0.3 is 0 Å². The average Bonchev–Trinajstić information content (AvgIpc) is 3.34. The quantitative estimate of drug-likeness (QED) is 0.505. The van der Waals surface area contributed by atoms with Gasteiger partial charge in [-0.05, 0) is 62.9 Å². The zero-order valence-corrected chi connectivity index (χ0v) is 20.0. The molecule has 33 heavy (non-hydrogen) atoms. The molecule has 0 aliphatic heterocycles. The van der Waals surface area contributed by atoms with Crippen molar-refractivity contribution in [1.82, 2.24) is 10.2 Å². The molecule has 2 aromatic carbocycles. The summed E-state index contributed by atoms with van der Waals surface area (Å²) in [5.74, 6) is 1.38. The molecule has 0 aromatic heterocycles. The van der Waals surface area contributed by atoms with E-state index in [1.165, 1.54) is 5.56 Å². The van der Waals surface area contributed by atoms with Gasteiger partial charge in [0.05, 0.1) is 13.7 Å². The number of rotatable bonds is 11. The number of hydrogen-bond donors (Lipinski definition) is 1. The molecule has 2 aromatic rings. The molecule has 1 fully saturated rings. The van der Waals surface area contributed by atoms with Gasteiger partial charge in [0.25, 0.3) is 0 Å². The molecule has 3 rings (SSSR count). The van der Waals surface area contributed by atoms with Crippen LogP contribution < -0.4 is 14.8 Å². The third-order valence-corrected chi connectivity index (χ3v) is 6.18. The van der Waals surface area contributed by atoms with Gasteiger partial charge in [0, 0.05) is 19.0 Å². The van der Waals surface area contributed by atoms with E-state index >= 15 is 0 Å². The van der Waals surface area contributed by atoms with Crippen molar-refractivity contribution >= 4 is 11.8 Å². The molecule has 0 heterocycles. The summed E-state index contributed by atoms with van der Waals surface area (Å²) in [5.41, 5.74) is 2.11. The zero-order chi connectivity index (χ0) is 23.6. The predicted octanol–water partition coefficient (Wildman–Crippen LogP) is 4.64. The zero-order valence-electron chi connectivity index (χ0n) is 20.0. The Labute approximate surface area is 197 Å². The number of benzene rings is 2. The van der Waals surface area contributed by atoms with E-state index in [1.54, 1.807) is 12.0 Å². The van der Waals surface area contributed by atoms with Gasteiger partial charge in [-0.3, -0.25) is 9.59 Å². The van der Waals surface area contributed by atoms with Crippen LogP contribution in [0.15, 0.2) is 48.5 Å². The first-order valence-corrected chi connectivity index (χ1v) is 11.9. The fourth-order valence-electron chi connectivity index (χ4n) is 4.13. The van der Waals surface area contributed by atoms with Crippen LogP contribution in [0.2, 0.25) is 0 Å². The number of aryl methyl sites for hydroxylation is 1. The summed E-state index contributed by atoms with van der Waals surface area (Å²) >= 11 is 0. The SMILES string of the molecule is COc1cccc(CN(C(=O)CCCOc2ccc(C)cc2)[C@H](C)C(=O)NC2CCCC2)c1. The predicted molar refractivity (Wildman–Crippen MR) is 129 cm³/mol. The molecule has 1 atom stereocenters. The van der Waals surface area contributed by atoms with Crippen LogP contribution in [0, 0.1) is 6.92 Å². The van der Waals surface area contributed by atoms with Crippen LogP contribution in [-0.2, 0) is 16.1 Å². The Balaban J connectivity index is 1.61. The van der Waals surface area contributed by atoms with Crippen LogP contribution in [0.3, 0.4) is 0 Å². The summed E-state index contributed by atoms with van der Waals surface area (Å²) in [6.07, 6.45) is 5.21. The van der Waals surface area contributed by atoms with Crippen molar-refractivity contribution in [2.75, 3.05) is 13.7 Å². The molecule has 0 unspecified atom stereocenters. The van der Waals surface area contributed by atoms with Gasteiger partial charge in [-0.2, -0.15) is 0 Å². The summed E-state index contributed by atoms with van der Waals surface area (Å²) in [7, 11) is 1.62.